The van der Waals surface area contributed by atoms with Crippen LogP contribution in [0.5, 0.6) is 0 Å². The lowest BCUT2D eigenvalue weighted by molar-refractivity contribution is -0.384. The number of benzene rings is 3. The number of nitro groups is 1. The highest BCUT2D eigenvalue weighted by molar-refractivity contribution is 5.85. The first-order valence-electron chi connectivity index (χ1n) is 7.11. The predicted octanol–water partition coefficient (Wildman–Crippen LogP) is 4.67. The summed E-state index contributed by atoms with van der Waals surface area (Å²) in [5, 5.41) is 16.7. The molecule has 0 saturated carbocycles. The van der Waals surface area contributed by atoms with E-state index in [1.165, 1.54) is 5.39 Å². The topological polar surface area (TPSA) is 55.2 Å². The minimum atomic E-state index is -0.349. The molecule has 0 aliphatic carbocycles. The fraction of sp³-hybridized carbons (Fsp3) is 0.111. The molecule has 4 nitrogen and oxygen atoms in total. The summed E-state index contributed by atoms with van der Waals surface area (Å²) in [5.41, 5.74) is 2.65. The SMILES string of the molecule is Cc1ccc(NCc2cccc3ccccc23)c([N+](=O)[O-])c1. The number of nitrogens with zero attached hydrogens (tertiary/aromatic N) is 1. The summed E-state index contributed by atoms with van der Waals surface area (Å²) >= 11 is 0. The molecule has 0 atom stereocenters. The highest BCUT2D eigenvalue weighted by Crippen LogP contribution is 2.27. The zero-order valence-electron chi connectivity index (χ0n) is 12.2. The van der Waals surface area contributed by atoms with Crippen LogP contribution in [0, 0.1) is 17.0 Å². The lowest BCUT2D eigenvalue weighted by atomic mass is 10.0. The first-order valence-corrected chi connectivity index (χ1v) is 7.11. The molecule has 3 aromatic carbocycles. The van der Waals surface area contributed by atoms with Crippen molar-refractivity contribution in [2.24, 2.45) is 0 Å². The molecule has 0 aromatic heterocycles. The van der Waals surface area contributed by atoms with Crippen LogP contribution in [0.25, 0.3) is 10.8 Å². The van der Waals surface area contributed by atoms with E-state index in [9.17, 15) is 10.1 Å². The summed E-state index contributed by atoms with van der Waals surface area (Å²) in [6, 6.07) is 19.5. The van der Waals surface area contributed by atoms with Gasteiger partial charge in [0.05, 0.1) is 4.92 Å². The Morgan fingerprint density at radius 3 is 2.64 bits per heavy atom. The number of hydrogen-bond donors (Lipinski definition) is 1. The predicted molar refractivity (Wildman–Crippen MR) is 89.1 cm³/mol. The van der Waals surface area contributed by atoms with Crippen molar-refractivity contribution >= 4 is 22.1 Å². The molecule has 0 unspecified atom stereocenters. The quantitative estimate of drug-likeness (QED) is 0.561. The highest BCUT2D eigenvalue weighted by Gasteiger charge is 2.13. The molecule has 0 radical (unpaired) electrons. The fourth-order valence-corrected chi connectivity index (χ4v) is 2.58. The zero-order valence-corrected chi connectivity index (χ0v) is 12.2. The van der Waals surface area contributed by atoms with Crippen molar-refractivity contribution in [1.29, 1.82) is 0 Å². The Bertz CT molecular complexity index is 838. The first-order chi connectivity index (χ1) is 10.6. The molecule has 0 spiro atoms. The second-order valence-corrected chi connectivity index (χ2v) is 5.27. The highest BCUT2D eigenvalue weighted by atomic mass is 16.6. The van der Waals surface area contributed by atoms with E-state index in [0.717, 1.165) is 16.5 Å². The molecule has 4 heteroatoms. The third-order valence-corrected chi connectivity index (χ3v) is 3.70. The van der Waals surface area contributed by atoms with E-state index in [-0.39, 0.29) is 10.6 Å². The van der Waals surface area contributed by atoms with E-state index in [4.69, 9.17) is 0 Å². The largest absolute Gasteiger partial charge is 0.375 e. The van der Waals surface area contributed by atoms with Gasteiger partial charge in [-0.1, -0.05) is 48.5 Å². The third kappa shape index (κ3) is 2.76. The van der Waals surface area contributed by atoms with Crippen LogP contribution in [-0.2, 0) is 6.54 Å². The van der Waals surface area contributed by atoms with Gasteiger partial charge in [0.1, 0.15) is 5.69 Å². The summed E-state index contributed by atoms with van der Waals surface area (Å²) in [4.78, 5) is 10.8. The minimum absolute atomic E-state index is 0.111. The molecule has 3 aromatic rings. The summed E-state index contributed by atoms with van der Waals surface area (Å²) in [6.07, 6.45) is 0. The van der Waals surface area contributed by atoms with Crippen LogP contribution in [0.4, 0.5) is 11.4 Å². The number of hydrogen-bond acceptors (Lipinski definition) is 3. The number of nitrogens with one attached hydrogen (secondary N) is 1. The van der Waals surface area contributed by atoms with Gasteiger partial charge in [-0.15, -0.1) is 0 Å². The van der Waals surface area contributed by atoms with Crippen LogP contribution in [0.2, 0.25) is 0 Å². The molecule has 110 valence electrons. The maximum atomic E-state index is 11.2. The lowest BCUT2D eigenvalue weighted by Crippen LogP contribution is -2.03. The van der Waals surface area contributed by atoms with Crippen LogP contribution in [0.15, 0.2) is 60.7 Å². The molecule has 0 heterocycles. The van der Waals surface area contributed by atoms with Crippen molar-refractivity contribution < 1.29 is 4.92 Å². The van der Waals surface area contributed by atoms with Crippen LogP contribution in [0.3, 0.4) is 0 Å². The second-order valence-electron chi connectivity index (χ2n) is 5.27. The summed E-state index contributed by atoms with van der Waals surface area (Å²) < 4.78 is 0. The average molecular weight is 292 g/mol. The van der Waals surface area contributed by atoms with Gasteiger partial charge in [0.15, 0.2) is 0 Å². The van der Waals surface area contributed by atoms with Gasteiger partial charge in [-0.3, -0.25) is 10.1 Å². The second kappa shape index (κ2) is 5.85. The fourth-order valence-electron chi connectivity index (χ4n) is 2.58. The summed E-state index contributed by atoms with van der Waals surface area (Å²) in [5.74, 6) is 0. The Kier molecular flexibility index (Phi) is 3.74. The van der Waals surface area contributed by atoms with Crippen molar-refractivity contribution in [3.63, 3.8) is 0 Å². The summed E-state index contributed by atoms with van der Waals surface area (Å²) in [7, 11) is 0. The van der Waals surface area contributed by atoms with Gasteiger partial charge < -0.3 is 5.32 Å². The van der Waals surface area contributed by atoms with Crippen LogP contribution in [-0.4, -0.2) is 4.92 Å². The molecule has 0 saturated heterocycles. The molecule has 3 rings (SSSR count). The minimum Gasteiger partial charge on any atom is -0.375 e. The first kappa shape index (κ1) is 14.1. The summed E-state index contributed by atoms with van der Waals surface area (Å²) in [6.45, 7) is 2.40. The van der Waals surface area contributed by atoms with Crippen LogP contribution >= 0.6 is 0 Å². The Morgan fingerprint density at radius 2 is 1.82 bits per heavy atom. The van der Waals surface area contributed by atoms with Crippen molar-refractivity contribution in [3.05, 3.63) is 81.9 Å². The van der Waals surface area contributed by atoms with E-state index >= 15 is 0 Å². The number of aryl methyl sites for hydroxylation is 1. The Hall–Kier alpha value is -2.88. The standard InChI is InChI=1S/C18H16N2O2/c1-13-9-10-17(18(11-13)20(21)22)19-12-15-7-4-6-14-5-2-3-8-16(14)15/h2-11,19H,12H2,1H3. The number of fused-ring (bicyclic) bond motifs is 1. The molecular formula is C18H16N2O2. The van der Waals surface area contributed by atoms with Gasteiger partial charge in [-0.05, 0) is 34.9 Å². The van der Waals surface area contributed by atoms with Crippen LogP contribution in [0.1, 0.15) is 11.1 Å². The van der Waals surface area contributed by atoms with Gasteiger partial charge in [0, 0.05) is 12.6 Å². The van der Waals surface area contributed by atoms with Gasteiger partial charge >= 0.3 is 0 Å². The van der Waals surface area contributed by atoms with Crippen LogP contribution < -0.4 is 5.32 Å². The van der Waals surface area contributed by atoms with Gasteiger partial charge in [-0.2, -0.15) is 0 Å². The van der Waals surface area contributed by atoms with Gasteiger partial charge in [-0.25, -0.2) is 0 Å². The molecule has 0 bridgehead atoms. The Balaban J connectivity index is 1.90. The van der Waals surface area contributed by atoms with E-state index < -0.39 is 0 Å². The van der Waals surface area contributed by atoms with E-state index in [0.29, 0.717) is 12.2 Å². The van der Waals surface area contributed by atoms with Crippen molar-refractivity contribution in [3.8, 4) is 0 Å². The molecule has 1 N–H and O–H groups in total. The molecular weight excluding hydrogens is 276 g/mol. The van der Waals surface area contributed by atoms with Gasteiger partial charge in [0.2, 0.25) is 0 Å². The van der Waals surface area contributed by atoms with E-state index in [2.05, 4.69) is 23.5 Å². The maximum Gasteiger partial charge on any atom is 0.292 e. The molecule has 0 aliphatic rings. The zero-order chi connectivity index (χ0) is 15.5. The molecule has 0 aliphatic heterocycles. The Labute approximate surface area is 128 Å². The normalized spacial score (nSPS) is 10.6. The molecule has 22 heavy (non-hydrogen) atoms. The van der Waals surface area contributed by atoms with Crippen molar-refractivity contribution in [2.45, 2.75) is 13.5 Å². The smallest absolute Gasteiger partial charge is 0.292 e. The lowest BCUT2D eigenvalue weighted by Gasteiger charge is -2.10. The third-order valence-electron chi connectivity index (χ3n) is 3.70. The monoisotopic (exact) mass is 292 g/mol. The average Bonchev–Trinajstić information content (AvgIpc) is 2.53. The van der Waals surface area contributed by atoms with Crippen molar-refractivity contribution in [2.75, 3.05) is 5.32 Å². The maximum absolute atomic E-state index is 11.2. The molecule has 0 fully saturated rings. The Morgan fingerprint density at radius 1 is 1.05 bits per heavy atom. The van der Waals surface area contributed by atoms with Gasteiger partial charge in [0.25, 0.3) is 5.69 Å². The van der Waals surface area contributed by atoms with E-state index in [1.807, 2.05) is 37.3 Å². The molecule has 0 amide bonds. The van der Waals surface area contributed by atoms with E-state index in [1.54, 1.807) is 12.1 Å². The number of anilines is 1. The van der Waals surface area contributed by atoms with Crippen molar-refractivity contribution in [1.82, 2.24) is 0 Å². The number of rotatable bonds is 4. The number of nitro benzene ring substituents is 1.